The van der Waals surface area contributed by atoms with Gasteiger partial charge in [-0.05, 0) is 93.0 Å². The van der Waals surface area contributed by atoms with Crippen LogP contribution in [0.4, 0.5) is 13.2 Å². The number of hydrogen-bond donors (Lipinski definition) is 0. The van der Waals surface area contributed by atoms with Crippen molar-refractivity contribution in [1.29, 1.82) is 10.5 Å². The summed E-state index contributed by atoms with van der Waals surface area (Å²) in [6.07, 6.45) is -4.88. The molecule has 0 aliphatic carbocycles. The lowest BCUT2D eigenvalue weighted by Crippen LogP contribution is -2.12. The van der Waals surface area contributed by atoms with Gasteiger partial charge in [-0.3, -0.25) is 0 Å². The third-order valence-corrected chi connectivity index (χ3v) is 13.4. The van der Waals surface area contributed by atoms with Gasteiger partial charge in [0.25, 0.3) is 0 Å². The molecule has 0 unspecified atom stereocenters. The van der Waals surface area contributed by atoms with Gasteiger partial charge in [-0.25, -0.2) is 0 Å². The number of nitriles is 2. The van der Waals surface area contributed by atoms with Crippen molar-refractivity contribution in [3.63, 3.8) is 0 Å². The maximum Gasteiger partial charge on any atom is 0.417 e. The van der Waals surface area contributed by atoms with Gasteiger partial charge in [0.2, 0.25) is 0 Å². The Morgan fingerprint density at radius 3 is 0.971 bits per heavy atom. The van der Waals surface area contributed by atoms with Gasteiger partial charge < -0.3 is 9.13 Å². The molecule has 12 rings (SSSR count). The molecule has 0 aliphatic heterocycles. The number of nitrogens with zero attached hydrogens (tertiary/aromatic N) is 4. The second-order valence-corrected chi connectivity index (χ2v) is 17.4. The Morgan fingerprint density at radius 1 is 0.329 bits per heavy atom. The SMILES string of the molecule is N#Cc1cc(-n2c3cc(-c4ccccc4)ccc3c3ccc(-c4ccccc4)cc32)c(-c2c(C#N)cccc2C(F)(F)F)c(-n2c3cc(-c4ccccc4)ccc3c3ccc(-c4ccccc4)cc32)c1. The molecule has 70 heavy (non-hydrogen) atoms. The standard InChI is InChI=1S/C63H37F3N4/c64-63(65,66)54-23-13-22-49(39-68)61(54)62-59(69-55-34-45(41-14-5-1-6-15-41)24-28-50(55)51-29-25-46(35-56(51)69)42-16-7-2-8-17-42)32-40(38-67)33-60(62)70-57-36-47(43-18-9-3-10-19-43)26-30-52(57)53-31-27-48(37-58(53)70)44-20-11-4-12-21-44/h1-37H. The fourth-order valence-corrected chi connectivity index (χ4v) is 10.2. The van der Waals surface area contributed by atoms with Crippen LogP contribution in [0.15, 0.2) is 224 Å². The normalized spacial score (nSPS) is 11.6. The number of alkyl halides is 3. The topological polar surface area (TPSA) is 57.4 Å². The minimum absolute atomic E-state index is 0.145. The fraction of sp³-hybridized carbons (Fsp3) is 0.0159. The van der Waals surface area contributed by atoms with Crippen molar-refractivity contribution in [3.05, 3.63) is 241 Å². The van der Waals surface area contributed by atoms with Crippen molar-refractivity contribution >= 4 is 43.6 Å². The van der Waals surface area contributed by atoms with E-state index < -0.39 is 11.7 Å². The molecule has 10 aromatic carbocycles. The van der Waals surface area contributed by atoms with E-state index in [1.54, 1.807) is 12.1 Å². The van der Waals surface area contributed by atoms with E-state index in [2.05, 4.69) is 84.9 Å². The van der Waals surface area contributed by atoms with Gasteiger partial charge in [0.05, 0.1) is 62.3 Å². The van der Waals surface area contributed by atoms with Crippen molar-refractivity contribution in [3.8, 4) is 79.1 Å². The summed E-state index contributed by atoms with van der Waals surface area (Å²) in [6.45, 7) is 0. The second-order valence-electron chi connectivity index (χ2n) is 17.4. The van der Waals surface area contributed by atoms with Crippen LogP contribution in [-0.2, 0) is 6.18 Å². The minimum atomic E-state index is -4.88. The maximum atomic E-state index is 15.9. The second kappa shape index (κ2) is 16.7. The summed E-state index contributed by atoms with van der Waals surface area (Å²) in [7, 11) is 0. The first-order chi connectivity index (χ1) is 34.3. The Balaban J connectivity index is 1.30. The summed E-state index contributed by atoms with van der Waals surface area (Å²) >= 11 is 0. The highest BCUT2D eigenvalue weighted by molar-refractivity contribution is 6.14. The molecule has 330 valence electrons. The van der Waals surface area contributed by atoms with Crippen LogP contribution in [0.3, 0.4) is 0 Å². The molecule has 2 aromatic heterocycles. The van der Waals surface area contributed by atoms with Crippen molar-refractivity contribution < 1.29 is 13.2 Å². The van der Waals surface area contributed by atoms with E-state index in [1.165, 1.54) is 12.1 Å². The molecule has 0 saturated carbocycles. The summed E-state index contributed by atoms with van der Waals surface area (Å²) in [5.41, 5.74) is 9.87. The predicted molar refractivity (Wildman–Crippen MR) is 277 cm³/mol. The van der Waals surface area contributed by atoms with Crippen LogP contribution in [-0.4, -0.2) is 9.13 Å². The molecule has 0 atom stereocenters. The molecule has 0 radical (unpaired) electrons. The molecular formula is C63H37F3N4. The summed E-state index contributed by atoms with van der Waals surface area (Å²) < 4.78 is 51.8. The summed E-state index contributed by atoms with van der Waals surface area (Å²) in [5, 5.41) is 25.6. The van der Waals surface area contributed by atoms with Crippen LogP contribution in [0, 0.1) is 22.7 Å². The molecule has 7 heteroatoms. The zero-order chi connectivity index (χ0) is 47.5. The molecule has 0 N–H and O–H groups in total. The van der Waals surface area contributed by atoms with Crippen LogP contribution in [0.25, 0.3) is 111 Å². The third kappa shape index (κ3) is 7.00. The zero-order valence-electron chi connectivity index (χ0n) is 37.3. The first-order valence-corrected chi connectivity index (χ1v) is 22.8. The Hall–Kier alpha value is -9.43. The van der Waals surface area contributed by atoms with Crippen LogP contribution >= 0.6 is 0 Å². The summed E-state index contributed by atoms with van der Waals surface area (Å²) in [4.78, 5) is 0. The molecule has 4 nitrogen and oxygen atoms in total. The van der Waals surface area contributed by atoms with Crippen LogP contribution < -0.4 is 0 Å². The zero-order valence-corrected chi connectivity index (χ0v) is 37.3. The molecule has 0 spiro atoms. The number of fused-ring (bicyclic) bond motifs is 6. The van der Waals surface area contributed by atoms with Gasteiger partial charge in [-0.15, -0.1) is 0 Å². The van der Waals surface area contributed by atoms with E-state index in [-0.39, 0.29) is 22.3 Å². The highest BCUT2D eigenvalue weighted by Gasteiger charge is 2.37. The van der Waals surface area contributed by atoms with E-state index in [1.807, 2.05) is 130 Å². The summed E-state index contributed by atoms with van der Waals surface area (Å²) in [6, 6.07) is 76.2. The molecule has 0 aliphatic rings. The quantitative estimate of drug-likeness (QED) is 0.160. The van der Waals surface area contributed by atoms with Gasteiger partial charge >= 0.3 is 6.18 Å². The number of halogens is 3. The Labute approximate surface area is 401 Å². The predicted octanol–water partition coefficient (Wildman–Crippen LogP) is 17.0. The van der Waals surface area contributed by atoms with Gasteiger partial charge in [0, 0.05) is 32.7 Å². The van der Waals surface area contributed by atoms with Crippen LogP contribution in [0.5, 0.6) is 0 Å². The van der Waals surface area contributed by atoms with Gasteiger partial charge in [-0.2, -0.15) is 23.7 Å². The monoisotopic (exact) mass is 906 g/mol. The third-order valence-electron chi connectivity index (χ3n) is 13.4. The Bertz CT molecular complexity index is 3690. The number of benzene rings is 10. The molecule has 0 bridgehead atoms. The van der Waals surface area contributed by atoms with E-state index in [9.17, 15) is 10.5 Å². The van der Waals surface area contributed by atoms with Crippen LogP contribution in [0.1, 0.15) is 16.7 Å². The first-order valence-electron chi connectivity index (χ1n) is 22.8. The average molecular weight is 907 g/mol. The smallest absolute Gasteiger partial charge is 0.308 e. The van der Waals surface area contributed by atoms with Crippen molar-refractivity contribution in [2.24, 2.45) is 0 Å². The van der Waals surface area contributed by atoms with Gasteiger partial charge in [0.15, 0.2) is 0 Å². The highest BCUT2D eigenvalue weighted by atomic mass is 19.4. The first kappa shape index (κ1) is 42.0. The Morgan fingerprint density at radius 2 is 0.671 bits per heavy atom. The van der Waals surface area contributed by atoms with Crippen molar-refractivity contribution in [1.82, 2.24) is 9.13 Å². The highest BCUT2D eigenvalue weighted by Crippen LogP contribution is 2.49. The molecule has 0 amide bonds. The van der Waals surface area contributed by atoms with E-state index in [4.69, 9.17) is 0 Å². The lowest BCUT2D eigenvalue weighted by Gasteiger charge is -2.24. The van der Waals surface area contributed by atoms with E-state index >= 15 is 13.2 Å². The lowest BCUT2D eigenvalue weighted by molar-refractivity contribution is -0.137. The molecule has 12 aromatic rings. The largest absolute Gasteiger partial charge is 0.417 e. The number of rotatable bonds is 7. The number of hydrogen-bond acceptors (Lipinski definition) is 2. The molecule has 2 heterocycles. The van der Waals surface area contributed by atoms with Crippen molar-refractivity contribution in [2.75, 3.05) is 0 Å². The number of aromatic nitrogens is 2. The van der Waals surface area contributed by atoms with Crippen LogP contribution in [0.2, 0.25) is 0 Å². The molecule has 0 saturated heterocycles. The molecular weight excluding hydrogens is 870 g/mol. The van der Waals surface area contributed by atoms with Gasteiger partial charge in [0.1, 0.15) is 0 Å². The lowest BCUT2D eigenvalue weighted by atomic mass is 9.90. The fourth-order valence-electron chi connectivity index (χ4n) is 10.2. The minimum Gasteiger partial charge on any atom is -0.308 e. The van der Waals surface area contributed by atoms with Gasteiger partial charge in [-0.1, -0.05) is 176 Å². The summed E-state index contributed by atoms with van der Waals surface area (Å²) in [5.74, 6) is 0. The Kier molecular flexibility index (Phi) is 10.0. The van der Waals surface area contributed by atoms with E-state index in [0.717, 1.165) is 72.1 Å². The maximum absolute atomic E-state index is 15.9. The average Bonchev–Trinajstić information content (AvgIpc) is 3.92. The molecule has 0 fully saturated rings. The van der Waals surface area contributed by atoms with Crippen molar-refractivity contribution in [2.45, 2.75) is 6.18 Å². The van der Waals surface area contributed by atoms with E-state index in [0.29, 0.717) is 33.4 Å².